The van der Waals surface area contributed by atoms with E-state index in [2.05, 4.69) is 41.5 Å². The van der Waals surface area contributed by atoms with Crippen LogP contribution in [0.3, 0.4) is 0 Å². The summed E-state index contributed by atoms with van der Waals surface area (Å²) in [6.07, 6.45) is 0.255. The number of nitrogens with zero attached hydrogens (tertiary/aromatic N) is 2. The average molecular weight is 411 g/mol. The van der Waals surface area contributed by atoms with E-state index in [9.17, 15) is 9.59 Å². The van der Waals surface area contributed by atoms with E-state index in [0.29, 0.717) is 19.6 Å². The first-order valence-electron chi connectivity index (χ1n) is 10.6. The molecule has 0 saturated heterocycles. The Hall–Kier alpha value is -2.86. The number of amides is 3. The molecule has 2 aromatic carbocycles. The molecule has 162 valence electrons. The molecular weight excluding hydrogens is 376 g/mol. The van der Waals surface area contributed by atoms with Crippen LogP contribution in [0.4, 0.5) is 4.79 Å². The van der Waals surface area contributed by atoms with Crippen LogP contribution < -0.4 is 10.6 Å². The Morgan fingerprint density at radius 1 is 0.900 bits per heavy atom. The first kappa shape index (κ1) is 23.4. The summed E-state index contributed by atoms with van der Waals surface area (Å²) in [6.45, 7) is 7.47. The van der Waals surface area contributed by atoms with Crippen LogP contribution in [0.1, 0.15) is 37.4 Å². The fraction of sp³-hybridized carbons (Fsp3) is 0.417. The number of urea groups is 1. The second-order valence-corrected chi connectivity index (χ2v) is 7.28. The average Bonchev–Trinajstić information content (AvgIpc) is 2.77. The van der Waals surface area contributed by atoms with Gasteiger partial charge in [0.25, 0.3) is 0 Å². The van der Waals surface area contributed by atoms with E-state index in [1.165, 1.54) is 5.56 Å². The molecular formula is C24H34N4O2. The van der Waals surface area contributed by atoms with E-state index < -0.39 is 0 Å². The molecule has 0 spiro atoms. The lowest BCUT2D eigenvalue weighted by Crippen LogP contribution is -2.40. The third-order valence-corrected chi connectivity index (χ3v) is 5.17. The van der Waals surface area contributed by atoms with Crippen molar-refractivity contribution in [2.24, 2.45) is 0 Å². The molecule has 2 rings (SSSR count). The topological polar surface area (TPSA) is 64.7 Å². The molecule has 0 aromatic heterocycles. The zero-order valence-corrected chi connectivity index (χ0v) is 18.3. The Morgan fingerprint density at radius 2 is 1.50 bits per heavy atom. The van der Waals surface area contributed by atoms with Crippen LogP contribution in [0.5, 0.6) is 0 Å². The first-order valence-corrected chi connectivity index (χ1v) is 10.6. The normalized spacial score (nSPS) is 11.7. The fourth-order valence-electron chi connectivity index (χ4n) is 3.44. The van der Waals surface area contributed by atoms with Gasteiger partial charge in [-0.25, -0.2) is 4.79 Å². The molecule has 0 bridgehead atoms. The van der Waals surface area contributed by atoms with Gasteiger partial charge in [-0.15, -0.1) is 0 Å². The lowest BCUT2D eigenvalue weighted by Gasteiger charge is -2.30. The number of benzene rings is 2. The third kappa shape index (κ3) is 7.52. The van der Waals surface area contributed by atoms with E-state index in [-0.39, 0.29) is 24.4 Å². The summed E-state index contributed by atoms with van der Waals surface area (Å²) in [7, 11) is 1.75. The lowest BCUT2D eigenvalue weighted by molar-refractivity contribution is -0.121. The molecule has 2 aromatic rings. The highest BCUT2D eigenvalue weighted by atomic mass is 16.2. The predicted molar refractivity (Wildman–Crippen MR) is 121 cm³/mol. The zero-order chi connectivity index (χ0) is 21.8. The van der Waals surface area contributed by atoms with Gasteiger partial charge >= 0.3 is 6.03 Å². The Kier molecular flexibility index (Phi) is 9.87. The van der Waals surface area contributed by atoms with E-state index in [0.717, 1.165) is 18.7 Å². The second-order valence-electron chi connectivity index (χ2n) is 7.28. The fourth-order valence-corrected chi connectivity index (χ4v) is 3.44. The third-order valence-electron chi connectivity index (χ3n) is 5.17. The van der Waals surface area contributed by atoms with Crippen LogP contribution in [0.25, 0.3) is 0 Å². The highest BCUT2D eigenvalue weighted by Crippen LogP contribution is 2.19. The van der Waals surface area contributed by atoms with Gasteiger partial charge in [0.15, 0.2) is 0 Å². The van der Waals surface area contributed by atoms with Crippen molar-refractivity contribution < 1.29 is 9.59 Å². The number of nitrogens with one attached hydrogen (secondary N) is 2. The Bertz CT molecular complexity index is 763. The van der Waals surface area contributed by atoms with Gasteiger partial charge < -0.3 is 15.5 Å². The molecule has 30 heavy (non-hydrogen) atoms. The Labute approximate surface area is 180 Å². The van der Waals surface area contributed by atoms with Gasteiger partial charge in [0, 0.05) is 33.1 Å². The second kappa shape index (κ2) is 12.6. The number of likely N-dealkylation sites (N-methyl/N-ethyl adjacent to an activating group) is 1. The Balaban J connectivity index is 1.76. The van der Waals surface area contributed by atoms with Crippen molar-refractivity contribution in [1.82, 2.24) is 20.4 Å². The van der Waals surface area contributed by atoms with E-state index in [4.69, 9.17) is 0 Å². The molecule has 2 N–H and O–H groups in total. The summed E-state index contributed by atoms with van der Waals surface area (Å²) >= 11 is 0. The molecule has 1 unspecified atom stereocenters. The highest BCUT2D eigenvalue weighted by molar-refractivity contribution is 5.78. The number of carbonyl (C=O) groups excluding carboxylic acids is 2. The van der Waals surface area contributed by atoms with E-state index in [1.807, 2.05) is 48.5 Å². The highest BCUT2D eigenvalue weighted by Gasteiger charge is 2.18. The van der Waals surface area contributed by atoms with Crippen LogP contribution >= 0.6 is 0 Å². The molecule has 0 aliphatic carbocycles. The van der Waals surface area contributed by atoms with Gasteiger partial charge in [-0.3, -0.25) is 9.69 Å². The van der Waals surface area contributed by atoms with Crippen LogP contribution in [0.15, 0.2) is 60.7 Å². The molecule has 0 aliphatic rings. The van der Waals surface area contributed by atoms with Gasteiger partial charge in [-0.2, -0.15) is 0 Å². The maximum atomic E-state index is 12.3. The van der Waals surface area contributed by atoms with Crippen molar-refractivity contribution in [2.75, 3.05) is 33.2 Å². The zero-order valence-electron chi connectivity index (χ0n) is 18.3. The summed E-state index contributed by atoms with van der Waals surface area (Å²) in [5.74, 6) is -0.0610. The predicted octanol–water partition coefficient (Wildman–Crippen LogP) is 3.42. The van der Waals surface area contributed by atoms with Crippen LogP contribution in [-0.4, -0.2) is 55.0 Å². The minimum atomic E-state index is -0.183. The van der Waals surface area contributed by atoms with Crippen molar-refractivity contribution in [3.8, 4) is 0 Å². The lowest BCUT2D eigenvalue weighted by atomic mass is 10.1. The summed E-state index contributed by atoms with van der Waals surface area (Å²) in [4.78, 5) is 28.5. The number of hydrogen-bond donors (Lipinski definition) is 2. The summed E-state index contributed by atoms with van der Waals surface area (Å²) in [5, 5.41) is 5.84. The maximum Gasteiger partial charge on any atom is 0.317 e. The van der Waals surface area contributed by atoms with Crippen molar-refractivity contribution in [2.45, 2.75) is 32.9 Å². The quantitative estimate of drug-likeness (QED) is 0.597. The van der Waals surface area contributed by atoms with Gasteiger partial charge in [0.05, 0.1) is 6.04 Å². The number of hydrogen-bond acceptors (Lipinski definition) is 3. The molecule has 0 fully saturated rings. The van der Waals surface area contributed by atoms with Gasteiger partial charge in [-0.1, -0.05) is 74.5 Å². The van der Waals surface area contributed by atoms with E-state index in [1.54, 1.807) is 11.9 Å². The van der Waals surface area contributed by atoms with Crippen molar-refractivity contribution in [3.05, 3.63) is 71.8 Å². The van der Waals surface area contributed by atoms with Crippen molar-refractivity contribution in [1.29, 1.82) is 0 Å². The first-order chi connectivity index (χ1) is 14.5. The molecule has 1 atom stereocenters. The van der Waals surface area contributed by atoms with Crippen molar-refractivity contribution >= 4 is 11.9 Å². The summed E-state index contributed by atoms with van der Waals surface area (Å²) in [6, 6.07) is 20.0. The maximum absolute atomic E-state index is 12.3. The van der Waals surface area contributed by atoms with Crippen LogP contribution in [0, 0.1) is 0 Å². The van der Waals surface area contributed by atoms with Crippen molar-refractivity contribution in [3.63, 3.8) is 0 Å². The minimum Gasteiger partial charge on any atom is -0.354 e. The number of carbonyl (C=O) groups is 2. The molecule has 0 radical (unpaired) electrons. The molecule has 0 aliphatic heterocycles. The Morgan fingerprint density at radius 3 is 2.10 bits per heavy atom. The summed E-state index contributed by atoms with van der Waals surface area (Å²) in [5.41, 5.74) is 2.26. The number of rotatable bonds is 11. The molecule has 0 saturated carbocycles. The minimum absolute atomic E-state index is 0.0610. The van der Waals surface area contributed by atoms with Gasteiger partial charge in [0.1, 0.15) is 0 Å². The standard InChI is InChI=1S/C24H34N4O2/c1-4-28(5-2)22(21-14-10-7-11-15-21)18-26-23(29)16-17-25-24(30)27(3)19-20-12-8-6-9-13-20/h6-15,22H,4-5,16-19H2,1-3H3,(H,25,30)(H,26,29). The monoisotopic (exact) mass is 410 g/mol. The van der Waals surface area contributed by atoms with Crippen LogP contribution in [0.2, 0.25) is 0 Å². The molecule has 3 amide bonds. The van der Waals surface area contributed by atoms with E-state index >= 15 is 0 Å². The van der Waals surface area contributed by atoms with Gasteiger partial charge in [-0.05, 0) is 24.2 Å². The SMILES string of the molecule is CCN(CC)C(CNC(=O)CCNC(=O)N(C)Cc1ccccc1)c1ccccc1. The molecule has 0 heterocycles. The molecule has 6 heteroatoms. The summed E-state index contributed by atoms with van der Waals surface area (Å²) < 4.78 is 0. The molecule has 6 nitrogen and oxygen atoms in total. The van der Waals surface area contributed by atoms with Crippen LogP contribution in [-0.2, 0) is 11.3 Å². The smallest absolute Gasteiger partial charge is 0.317 e. The largest absolute Gasteiger partial charge is 0.354 e. The van der Waals surface area contributed by atoms with Gasteiger partial charge in [0.2, 0.25) is 5.91 Å².